The van der Waals surface area contributed by atoms with E-state index in [4.69, 9.17) is 4.74 Å². The highest BCUT2D eigenvalue weighted by molar-refractivity contribution is 5.84. The van der Waals surface area contributed by atoms with Gasteiger partial charge in [0.2, 0.25) is 0 Å². The SMILES string of the molecule is COCCC1CCC(CCc2ccc3c(F)c(CCc4ccc(OC(F)(F)F)cc4)ccc3c2)CC1. The largest absolute Gasteiger partial charge is 0.573 e. The first kappa shape index (κ1) is 26.5. The van der Waals surface area contributed by atoms with Crippen LogP contribution >= 0.6 is 0 Å². The van der Waals surface area contributed by atoms with E-state index in [1.807, 2.05) is 24.3 Å². The van der Waals surface area contributed by atoms with E-state index in [2.05, 4.69) is 10.8 Å². The van der Waals surface area contributed by atoms with Crippen LogP contribution in [0.5, 0.6) is 5.75 Å². The number of alkyl halides is 3. The molecule has 0 N–H and O–H groups in total. The average molecular weight is 503 g/mol. The van der Waals surface area contributed by atoms with Crippen molar-refractivity contribution in [3.05, 3.63) is 77.1 Å². The van der Waals surface area contributed by atoms with Gasteiger partial charge in [0.25, 0.3) is 0 Å². The lowest BCUT2D eigenvalue weighted by molar-refractivity contribution is -0.274. The summed E-state index contributed by atoms with van der Waals surface area (Å²) in [6.07, 6.45) is 4.82. The Bertz CT molecular complexity index is 1120. The zero-order valence-electron chi connectivity index (χ0n) is 20.8. The van der Waals surface area contributed by atoms with Gasteiger partial charge in [-0.2, -0.15) is 0 Å². The van der Waals surface area contributed by atoms with Gasteiger partial charge in [-0.1, -0.05) is 68.1 Å². The van der Waals surface area contributed by atoms with Crippen LogP contribution in [-0.2, 0) is 24.0 Å². The number of benzene rings is 3. The normalized spacial score (nSPS) is 18.5. The predicted molar refractivity (Wildman–Crippen MR) is 135 cm³/mol. The smallest absolute Gasteiger partial charge is 0.406 e. The molecule has 0 spiro atoms. The molecule has 194 valence electrons. The summed E-state index contributed by atoms with van der Waals surface area (Å²) in [5.41, 5.74) is 2.68. The van der Waals surface area contributed by atoms with Gasteiger partial charge in [0, 0.05) is 19.1 Å². The first-order valence-corrected chi connectivity index (χ1v) is 12.8. The standard InChI is InChI=1S/C30H34F4O2/c1-35-19-18-23-4-2-21(3-5-23)6-7-24-11-17-28-26(20-24)14-13-25(29(28)31)12-8-22-9-15-27(16-10-22)36-30(32,33)34/h9-11,13-17,20-21,23H,2-8,12,18-19H2,1H3. The van der Waals surface area contributed by atoms with E-state index in [1.165, 1.54) is 56.2 Å². The molecule has 1 aliphatic rings. The fourth-order valence-electron chi connectivity index (χ4n) is 5.34. The minimum Gasteiger partial charge on any atom is -0.406 e. The van der Waals surface area contributed by atoms with Gasteiger partial charge in [-0.25, -0.2) is 4.39 Å². The molecule has 6 heteroatoms. The van der Waals surface area contributed by atoms with Gasteiger partial charge in [0.1, 0.15) is 11.6 Å². The van der Waals surface area contributed by atoms with Crippen molar-refractivity contribution < 1.29 is 27.0 Å². The molecular formula is C30H34F4O2. The van der Waals surface area contributed by atoms with Crippen LogP contribution in [0.15, 0.2) is 54.6 Å². The van der Waals surface area contributed by atoms with Crippen LogP contribution in [0.1, 0.15) is 55.2 Å². The van der Waals surface area contributed by atoms with Gasteiger partial charge >= 0.3 is 6.36 Å². The van der Waals surface area contributed by atoms with Crippen molar-refractivity contribution in [2.45, 2.75) is 64.1 Å². The molecule has 0 unspecified atom stereocenters. The topological polar surface area (TPSA) is 18.5 Å². The van der Waals surface area contributed by atoms with Gasteiger partial charge in [-0.3, -0.25) is 0 Å². The van der Waals surface area contributed by atoms with Crippen molar-refractivity contribution >= 4 is 10.8 Å². The molecule has 3 aromatic carbocycles. The second kappa shape index (κ2) is 12.1. The maximum atomic E-state index is 15.2. The highest BCUT2D eigenvalue weighted by Crippen LogP contribution is 2.34. The summed E-state index contributed by atoms with van der Waals surface area (Å²) >= 11 is 0. The fourth-order valence-corrected chi connectivity index (χ4v) is 5.34. The maximum Gasteiger partial charge on any atom is 0.573 e. The van der Waals surface area contributed by atoms with Crippen molar-refractivity contribution in [3.63, 3.8) is 0 Å². The summed E-state index contributed by atoms with van der Waals surface area (Å²) in [5.74, 6) is 1.11. The van der Waals surface area contributed by atoms with E-state index in [0.717, 1.165) is 35.8 Å². The second-order valence-corrected chi connectivity index (χ2v) is 9.99. The first-order chi connectivity index (χ1) is 17.3. The molecular weight excluding hydrogens is 468 g/mol. The molecule has 36 heavy (non-hydrogen) atoms. The summed E-state index contributed by atoms with van der Waals surface area (Å²) in [4.78, 5) is 0. The van der Waals surface area contributed by atoms with Crippen molar-refractivity contribution in [3.8, 4) is 5.75 Å². The van der Waals surface area contributed by atoms with E-state index in [0.29, 0.717) is 23.8 Å². The zero-order chi connectivity index (χ0) is 25.5. The van der Waals surface area contributed by atoms with E-state index >= 15 is 4.39 Å². The van der Waals surface area contributed by atoms with Crippen molar-refractivity contribution in [1.29, 1.82) is 0 Å². The summed E-state index contributed by atoms with van der Waals surface area (Å²) < 4.78 is 61.3. The molecule has 2 nitrogen and oxygen atoms in total. The minimum absolute atomic E-state index is 0.217. The van der Waals surface area contributed by atoms with Crippen LogP contribution in [0, 0.1) is 17.7 Å². The third-order valence-corrected chi connectivity index (χ3v) is 7.48. The number of methoxy groups -OCH3 is 1. The van der Waals surface area contributed by atoms with Gasteiger partial charge in [-0.05, 0) is 78.1 Å². The van der Waals surface area contributed by atoms with Crippen LogP contribution in [0.25, 0.3) is 10.8 Å². The molecule has 3 aromatic rings. The second-order valence-electron chi connectivity index (χ2n) is 9.99. The molecule has 1 saturated carbocycles. The van der Waals surface area contributed by atoms with Crippen LogP contribution in [0.4, 0.5) is 17.6 Å². The Kier molecular flexibility index (Phi) is 8.89. The van der Waals surface area contributed by atoms with Crippen molar-refractivity contribution in [2.75, 3.05) is 13.7 Å². The number of aryl methyl sites for hydroxylation is 3. The quantitative estimate of drug-likeness (QED) is 0.259. The average Bonchev–Trinajstić information content (AvgIpc) is 2.86. The van der Waals surface area contributed by atoms with Gasteiger partial charge in [-0.15, -0.1) is 13.2 Å². The van der Waals surface area contributed by atoms with E-state index in [9.17, 15) is 13.2 Å². The number of fused-ring (bicyclic) bond motifs is 1. The summed E-state index contributed by atoms with van der Waals surface area (Å²) in [7, 11) is 1.77. The molecule has 1 fully saturated rings. The van der Waals surface area contributed by atoms with E-state index < -0.39 is 6.36 Å². The minimum atomic E-state index is -4.71. The molecule has 1 aliphatic carbocycles. The highest BCUT2D eigenvalue weighted by atomic mass is 19.4. The third kappa shape index (κ3) is 7.45. The Morgan fingerprint density at radius 2 is 1.44 bits per heavy atom. The van der Waals surface area contributed by atoms with Crippen LogP contribution in [-0.4, -0.2) is 20.1 Å². The van der Waals surface area contributed by atoms with E-state index in [1.54, 1.807) is 19.2 Å². The fraction of sp³-hybridized carbons (Fsp3) is 0.467. The Labute approximate surface area is 210 Å². The molecule has 0 atom stereocenters. The summed E-state index contributed by atoms with van der Waals surface area (Å²) in [5, 5.41) is 1.52. The zero-order valence-corrected chi connectivity index (χ0v) is 20.8. The molecule has 0 bridgehead atoms. The molecule has 0 radical (unpaired) electrons. The number of halogens is 4. The molecule has 0 aromatic heterocycles. The summed E-state index contributed by atoms with van der Waals surface area (Å²) in [6.45, 7) is 0.860. The lowest BCUT2D eigenvalue weighted by Crippen LogP contribution is -2.17. The number of hydrogen-bond acceptors (Lipinski definition) is 2. The van der Waals surface area contributed by atoms with Crippen molar-refractivity contribution in [2.24, 2.45) is 11.8 Å². The molecule has 0 amide bonds. The van der Waals surface area contributed by atoms with Gasteiger partial charge in [0.15, 0.2) is 0 Å². The van der Waals surface area contributed by atoms with Crippen LogP contribution < -0.4 is 4.74 Å². The van der Waals surface area contributed by atoms with Crippen LogP contribution in [0.2, 0.25) is 0 Å². The third-order valence-electron chi connectivity index (χ3n) is 7.48. The number of hydrogen-bond donors (Lipinski definition) is 0. The molecule has 0 saturated heterocycles. The number of ether oxygens (including phenoxy) is 2. The Balaban J connectivity index is 1.31. The number of rotatable bonds is 10. The highest BCUT2D eigenvalue weighted by Gasteiger charge is 2.31. The Morgan fingerprint density at radius 3 is 2.11 bits per heavy atom. The van der Waals surface area contributed by atoms with Gasteiger partial charge in [0.05, 0.1) is 0 Å². The monoisotopic (exact) mass is 502 g/mol. The Morgan fingerprint density at radius 1 is 0.778 bits per heavy atom. The Hall–Kier alpha value is -2.60. The molecule has 0 heterocycles. The molecule has 0 aliphatic heterocycles. The maximum absolute atomic E-state index is 15.2. The van der Waals surface area contributed by atoms with Crippen molar-refractivity contribution in [1.82, 2.24) is 0 Å². The lowest BCUT2D eigenvalue weighted by atomic mass is 9.78. The first-order valence-electron chi connectivity index (χ1n) is 12.8. The lowest BCUT2D eigenvalue weighted by Gasteiger charge is -2.28. The summed E-state index contributed by atoms with van der Waals surface area (Å²) in [6, 6.07) is 15.6. The van der Waals surface area contributed by atoms with Crippen LogP contribution in [0.3, 0.4) is 0 Å². The predicted octanol–water partition coefficient (Wildman–Crippen LogP) is 8.44. The van der Waals surface area contributed by atoms with E-state index in [-0.39, 0.29) is 11.6 Å². The molecule has 4 rings (SSSR count). The van der Waals surface area contributed by atoms with Gasteiger partial charge < -0.3 is 9.47 Å².